The van der Waals surface area contributed by atoms with Crippen molar-refractivity contribution in [3.63, 3.8) is 0 Å². The first-order valence-corrected chi connectivity index (χ1v) is 7.40. The third-order valence-corrected chi connectivity index (χ3v) is 3.30. The summed E-state index contributed by atoms with van der Waals surface area (Å²) < 4.78 is 0. The lowest BCUT2D eigenvalue weighted by Crippen LogP contribution is -2.33. The molecule has 0 rings (SSSR count). The predicted octanol–water partition coefficient (Wildman–Crippen LogP) is 3.03. The zero-order valence-electron chi connectivity index (χ0n) is 12.8. The number of hydrogen-bond donors (Lipinski definition) is 1. The van der Waals surface area contributed by atoms with E-state index in [1.165, 1.54) is 19.4 Å². The van der Waals surface area contributed by atoms with Crippen LogP contribution in [0.15, 0.2) is 0 Å². The number of rotatable bonds is 11. The Morgan fingerprint density at radius 3 is 2.39 bits per heavy atom. The summed E-state index contributed by atoms with van der Waals surface area (Å²) in [6.45, 7) is 14.1. The van der Waals surface area contributed by atoms with Gasteiger partial charge in [0, 0.05) is 13.1 Å². The Labute approximate surface area is 114 Å². The van der Waals surface area contributed by atoms with Gasteiger partial charge in [-0.25, -0.2) is 0 Å². The lowest BCUT2D eigenvalue weighted by atomic mass is 9.89. The molecule has 0 aromatic heterocycles. The average Bonchev–Trinajstić information content (AvgIpc) is 2.36. The molecule has 0 saturated carbocycles. The van der Waals surface area contributed by atoms with Gasteiger partial charge in [0.2, 0.25) is 0 Å². The van der Waals surface area contributed by atoms with Gasteiger partial charge in [-0.3, -0.25) is 0 Å². The number of unbranched alkanes of at least 4 members (excludes halogenated alkanes) is 1. The molecular weight excluding hydrogens is 222 g/mol. The molecule has 0 radical (unpaired) electrons. The Kier molecular flexibility index (Phi) is 10.0. The molecule has 3 heteroatoms. The first-order valence-electron chi connectivity index (χ1n) is 7.40. The van der Waals surface area contributed by atoms with E-state index in [4.69, 9.17) is 5.26 Å². The van der Waals surface area contributed by atoms with Gasteiger partial charge >= 0.3 is 0 Å². The van der Waals surface area contributed by atoms with Crippen molar-refractivity contribution in [2.24, 2.45) is 5.41 Å². The van der Waals surface area contributed by atoms with E-state index in [0.29, 0.717) is 0 Å². The Balaban J connectivity index is 3.38. The molecule has 0 spiro atoms. The summed E-state index contributed by atoms with van der Waals surface area (Å²) in [6, 6.07) is 2.35. The summed E-state index contributed by atoms with van der Waals surface area (Å²) in [4.78, 5) is 2.48. The van der Waals surface area contributed by atoms with Crippen LogP contribution in [0.2, 0.25) is 0 Å². The lowest BCUT2D eigenvalue weighted by Gasteiger charge is -2.19. The summed E-state index contributed by atoms with van der Waals surface area (Å²) in [5.41, 5.74) is -0.153. The molecule has 0 aliphatic rings. The fraction of sp³-hybridized carbons (Fsp3) is 0.933. The van der Waals surface area contributed by atoms with E-state index >= 15 is 0 Å². The molecule has 18 heavy (non-hydrogen) atoms. The van der Waals surface area contributed by atoms with Crippen molar-refractivity contribution in [2.45, 2.75) is 53.4 Å². The summed E-state index contributed by atoms with van der Waals surface area (Å²) in [5.74, 6) is 0. The second-order valence-electron chi connectivity index (χ2n) is 5.64. The second kappa shape index (κ2) is 10.3. The SMILES string of the molecule is CCCN(CC)CCNCCCCC(C)(C)C#N. The van der Waals surface area contributed by atoms with Crippen molar-refractivity contribution in [1.29, 1.82) is 5.26 Å². The minimum Gasteiger partial charge on any atom is -0.315 e. The standard InChI is InChI=1S/C15H31N3/c1-5-12-18(6-2)13-11-17-10-8-7-9-15(3,4)14-16/h17H,5-13H2,1-4H3. The molecule has 0 aromatic rings. The summed E-state index contributed by atoms with van der Waals surface area (Å²) in [7, 11) is 0. The smallest absolute Gasteiger partial charge is 0.0683 e. The van der Waals surface area contributed by atoms with Gasteiger partial charge in [0.1, 0.15) is 0 Å². The van der Waals surface area contributed by atoms with E-state index in [1.54, 1.807) is 0 Å². The summed E-state index contributed by atoms with van der Waals surface area (Å²) in [5, 5.41) is 12.4. The van der Waals surface area contributed by atoms with Gasteiger partial charge in [-0.05, 0) is 52.7 Å². The maximum Gasteiger partial charge on any atom is 0.0683 e. The largest absolute Gasteiger partial charge is 0.315 e. The van der Waals surface area contributed by atoms with Crippen molar-refractivity contribution >= 4 is 0 Å². The van der Waals surface area contributed by atoms with Gasteiger partial charge in [-0.2, -0.15) is 5.26 Å². The quantitative estimate of drug-likeness (QED) is 0.575. The van der Waals surface area contributed by atoms with E-state index in [9.17, 15) is 0 Å². The molecule has 0 heterocycles. The zero-order valence-corrected chi connectivity index (χ0v) is 12.8. The molecule has 0 atom stereocenters. The Morgan fingerprint density at radius 2 is 1.83 bits per heavy atom. The second-order valence-corrected chi connectivity index (χ2v) is 5.64. The third-order valence-electron chi connectivity index (χ3n) is 3.30. The number of nitrogens with one attached hydrogen (secondary N) is 1. The van der Waals surface area contributed by atoms with Gasteiger partial charge in [-0.1, -0.05) is 20.3 Å². The fourth-order valence-electron chi connectivity index (χ4n) is 1.98. The van der Waals surface area contributed by atoms with Crippen LogP contribution in [0.4, 0.5) is 0 Å². The van der Waals surface area contributed by atoms with Crippen LogP contribution in [0.5, 0.6) is 0 Å². The van der Waals surface area contributed by atoms with Crippen LogP contribution in [0.3, 0.4) is 0 Å². The number of likely N-dealkylation sites (N-methyl/N-ethyl adjacent to an activating group) is 1. The van der Waals surface area contributed by atoms with Crippen LogP contribution in [0.25, 0.3) is 0 Å². The highest BCUT2D eigenvalue weighted by Crippen LogP contribution is 2.21. The highest BCUT2D eigenvalue weighted by atomic mass is 15.1. The van der Waals surface area contributed by atoms with Crippen LogP contribution >= 0.6 is 0 Å². The molecular formula is C15H31N3. The van der Waals surface area contributed by atoms with Crippen LogP contribution < -0.4 is 5.32 Å². The molecule has 0 amide bonds. The molecule has 3 nitrogen and oxygen atoms in total. The van der Waals surface area contributed by atoms with Gasteiger partial charge < -0.3 is 10.2 Å². The summed E-state index contributed by atoms with van der Waals surface area (Å²) >= 11 is 0. The number of nitrogens with zero attached hydrogens (tertiary/aromatic N) is 2. The zero-order chi connectivity index (χ0) is 13.9. The molecule has 0 unspecified atom stereocenters. The van der Waals surface area contributed by atoms with Crippen molar-refractivity contribution in [3.8, 4) is 6.07 Å². The molecule has 0 fully saturated rings. The third kappa shape index (κ3) is 9.44. The van der Waals surface area contributed by atoms with Gasteiger partial charge in [-0.15, -0.1) is 0 Å². The van der Waals surface area contributed by atoms with Crippen molar-refractivity contribution in [3.05, 3.63) is 0 Å². The van der Waals surface area contributed by atoms with Gasteiger partial charge in [0.25, 0.3) is 0 Å². The molecule has 0 saturated heterocycles. The van der Waals surface area contributed by atoms with Crippen LogP contribution in [0.1, 0.15) is 53.4 Å². The predicted molar refractivity (Wildman–Crippen MR) is 78.5 cm³/mol. The maximum absolute atomic E-state index is 8.90. The summed E-state index contributed by atoms with van der Waals surface area (Å²) in [6.07, 6.45) is 4.55. The molecule has 0 aliphatic heterocycles. The Bertz CT molecular complexity index is 230. The first kappa shape index (κ1) is 17.4. The molecule has 1 N–H and O–H groups in total. The highest BCUT2D eigenvalue weighted by molar-refractivity contribution is 4.91. The fourth-order valence-corrected chi connectivity index (χ4v) is 1.98. The number of nitriles is 1. The maximum atomic E-state index is 8.90. The van der Waals surface area contributed by atoms with E-state index in [2.05, 4.69) is 30.1 Å². The highest BCUT2D eigenvalue weighted by Gasteiger charge is 2.15. The van der Waals surface area contributed by atoms with Crippen molar-refractivity contribution < 1.29 is 0 Å². The molecule has 106 valence electrons. The van der Waals surface area contributed by atoms with Crippen molar-refractivity contribution in [1.82, 2.24) is 10.2 Å². The minimum atomic E-state index is -0.153. The normalized spacial score (nSPS) is 11.8. The van der Waals surface area contributed by atoms with Crippen LogP contribution in [-0.4, -0.2) is 37.6 Å². The minimum absolute atomic E-state index is 0.153. The van der Waals surface area contributed by atoms with Crippen LogP contribution in [-0.2, 0) is 0 Å². The number of hydrogen-bond acceptors (Lipinski definition) is 3. The Hall–Kier alpha value is -0.590. The van der Waals surface area contributed by atoms with Gasteiger partial charge in [0.15, 0.2) is 0 Å². The Morgan fingerprint density at radius 1 is 1.11 bits per heavy atom. The average molecular weight is 253 g/mol. The van der Waals surface area contributed by atoms with E-state index in [1.807, 2.05) is 13.8 Å². The molecule has 0 aliphatic carbocycles. The van der Waals surface area contributed by atoms with E-state index in [-0.39, 0.29) is 5.41 Å². The molecule has 0 aromatic carbocycles. The lowest BCUT2D eigenvalue weighted by molar-refractivity contribution is 0.287. The van der Waals surface area contributed by atoms with Crippen LogP contribution in [0, 0.1) is 16.7 Å². The van der Waals surface area contributed by atoms with E-state index in [0.717, 1.165) is 39.0 Å². The monoisotopic (exact) mass is 253 g/mol. The molecule has 0 bridgehead atoms. The first-order chi connectivity index (χ1) is 8.55. The van der Waals surface area contributed by atoms with E-state index < -0.39 is 0 Å². The van der Waals surface area contributed by atoms with Crippen molar-refractivity contribution in [2.75, 3.05) is 32.7 Å². The topological polar surface area (TPSA) is 39.1 Å². The van der Waals surface area contributed by atoms with Gasteiger partial charge in [0.05, 0.1) is 11.5 Å².